The molecule has 1 aliphatic rings. The minimum absolute atomic E-state index is 0.0347. The van der Waals surface area contributed by atoms with Crippen molar-refractivity contribution in [1.29, 1.82) is 0 Å². The highest BCUT2D eigenvalue weighted by Crippen LogP contribution is 2.34. The molecule has 2 aromatic heterocycles. The number of anilines is 1. The lowest BCUT2D eigenvalue weighted by Crippen LogP contribution is -2.53. The number of piperazine rings is 1. The van der Waals surface area contributed by atoms with Crippen LogP contribution in [-0.2, 0) is 6.18 Å². The third-order valence-corrected chi connectivity index (χ3v) is 4.46. The van der Waals surface area contributed by atoms with Crippen molar-refractivity contribution in [1.82, 2.24) is 20.2 Å². The first-order valence-electron chi connectivity index (χ1n) is 9.25. The van der Waals surface area contributed by atoms with Gasteiger partial charge in [-0.15, -0.1) is 0 Å². The Kier molecular flexibility index (Phi) is 6.73. The molecule has 29 heavy (non-hydrogen) atoms. The minimum atomic E-state index is -4.50. The van der Waals surface area contributed by atoms with Crippen molar-refractivity contribution in [2.75, 3.05) is 51.3 Å². The van der Waals surface area contributed by atoms with Crippen molar-refractivity contribution in [3.8, 4) is 5.88 Å². The summed E-state index contributed by atoms with van der Waals surface area (Å²) < 4.78 is 44.1. The van der Waals surface area contributed by atoms with Gasteiger partial charge < -0.3 is 19.9 Å². The van der Waals surface area contributed by atoms with E-state index < -0.39 is 17.6 Å². The first-order valence-corrected chi connectivity index (χ1v) is 9.25. The van der Waals surface area contributed by atoms with Gasteiger partial charge in [0.15, 0.2) is 5.96 Å². The Morgan fingerprint density at radius 3 is 2.52 bits per heavy atom. The van der Waals surface area contributed by atoms with Gasteiger partial charge in [0, 0.05) is 45.6 Å². The fraction of sp³-hybridized carbons (Fsp3) is 0.421. The largest absolute Gasteiger partial charge is 0.475 e. The zero-order valence-corrected chi connectivity index (χ0v) is 16.1. The second kappa shape index (κ2) is 9.44. The maximum atomic E-state index is 13.0. The highest BCUT2D eigenvalue weighted by atomic mass is 19.4. The normalized spacial score (nSPS) is 15.4. The number of aliphatic imine (C=N–C) groups is 1. The second-order valence-electron chi connectivity index (χ2n) is 6.34. The van der Waals surface area contributed by atoms with E-state index >= 15 is 0 Å². The number of guanidine groups is 1. The van der Waals surface area contributed by atoms with Crippen LogP contribution >= 0.6 is 0 Å². The SMILES string of the molecule is CN=C(NCCOc1ncccc1C(F)(F)F)N1CCN(c2ccccn2)CC1. The molecule has 0 saturated carbocycles. The molecule has 1 saturated heterocycles. The van der Waals surface area contributed by atoms with Crippen LogP contribution in [0.15, 0.2) is 47.7 Å². The van der Waals surface area contributed by atoms with E-state index in [1.54, 1.807) is 13.2 Å². The van der Waals surface area contributed by atoms with Crippen molar-refractivity contribution in [2.24, 2.45) is 4.99 Å². The van der Waals surface area contributed by atoms with Gasteiger partial charge in [-0.1, -0.05) is 6.07 Å². The number of alkyl halides is 3. The molecule has 0 amide bonds. The van der Waals surface area contributed by atoms with Gasteiger partial charge in [0.2, 0.25) is 5.88 Å². The van der Waals surface area contributed by atoms with Gasteiger partial charge in [-0.2, -0.15) is 13.2 Å². The summed E-state index contributed by atoms with van der Waals surface area (Å²) in [5.74, 6) is 1.21. The number of hydrogen-bond donors (Lipinski definition) is 1. The third-order valence-electron chi connectivity index (χ3n) is 4.46. The van der Waals surface area contributed by atoms with E-state index in [0.717, 1.165) is 38.1 Å². The molecule has 10 heteroatoms. The summed E-state index contributed by atoms with van der Waals surface area (Å²) in [6, 6.07) is 8.01. The summed E-state index contributed by atoms with van der Waals surface area (Å²) in [4.78, 5) is 16.6. The molecular formula is C19H23F3N6O. The summed E-state index contributed by atoms with van der Waals surface area (Å²) in [5.41, 5.74) is -0.880. The molecule has 0 unspecified atom stereocenters. The molecule has 0 spiro atoms. The molecule has 2 aromatic rings. The van der Waals surface area contributed by atoms with Crippen LogP contribution in [0.25, 0.3) is 0 Å². The predicted molar refractivity (Wildman–Crippen MR) is 104 cm³/mol. The van der Waals surface area contributed by atoms with Gasteiger partial charge in [0.25, 0.3) is 0 Å². The van der Waals surface area contributed by atoms with Gasteiger partial charge in [-0.25, -0.2) is 9.97 Å². The van der Waals surface area contributed by atoms with Crippen molar-refractivity contribution >= 4 is 11.8 Å². The van der Waals surface area contributed by atoms with Gasteiger partial charge in [0.1, 0.15) is 18.0 Å². The Hall–Kier alpha value is -3.04. The lowest BCUT2D eigenvalue weighted by molar-refractivity contribution is -0.139. The Labute approximate surface area is 167 Å². The Balaban J connectivity index is 1.46. The molecule has 3 rings (SSSR count). The van der Waals surface area contributed by atoms with E-state index in [0.29, 0.717) is 12.5 Å². The second-order valence-corrected chi connectivity index (χ2v) is 6.34. The van der Waals surface area contributed by atoms with Crippen molar-refractivity contribution in [3.05, 3.63) is 48.3 Å². The van der Waals surface area contributed by atoms with E-state index in [1.807, 2.05) is 18.2 Å². The molecule has 0 atom stereocenters. The maximum absolute atomic E-state index is 13.0. The van der Waals surface area contributed by atoms with E-state index in [-0.39, 0.29) is 6.61 Å². The molecule has 1 fully saturated rings. The standard InChI is InChI=1S/C19H23F3N6O/c1-23-18(28-12-10-27(11-13-28)16-6-2-3-7-24-16)26-9-14-29-17-15(19(20,21)22)5-4-8-25-17/h2-8H,9-14H2,1H3,(H,23,26). The minimum Gasteiger partial charge on any atom is -0.475 e. The number of ether oxygens (including phenoxy) is 1. The van der Waals surface area contributed by atoms with Gasteiger partial charge in [-0.05, 0) is 24.3 Å². The predicted octanol–water partition coefficient (Wildman–Crippen LogP) is 2.27. The molecule has 1 N–H and O–H groups in total. The average Bonchev–Trinajstić information content (AvgIpc) is 2.74. The highest BCUT2D eigenvalue weighted by Gasteiger charge is 2.35. The van der Waals surface area contributed by atoms with Gasteiger partial charge in [0.05, 0.1) is 6.54 Å². The van der Waals surface area contributed by atoms with Gasteiger partial charge in [-0.3, -0.25) is 4.99 Å². The monoisotopic (exact) mass is 408 g/mol. The molecule has 0 aromatic carbocycles. The van der Waals surface area contributed by atoms with Crippen LogP contribution in [0.2, 0.25) is 0 Å². The van der Waals surface area contributed by atoms with Crippen LogP contribution in [0.5, 0.6) is 5.88 Å². The van der Waals surface area contributed by atoms with Crippen LogP contribution in [0.3, 0.4) is 0 Å². The molecule has 156 valence electrons. The van der Waals surface area contributed by atoms with E-state index in [4.69, 9.17) is 4.74 Å². The molecule has 0 radical (unpaired) electrons. The number of hydrogen-bond acceptors (Lipinski definition) is 5. The molecule has 0 aliphatic carbocycles. The maximum Gasteiger partial charge on any atom is 0.421 e. The summed E-state index contributed by atoms with van der Waals surface area (Å²) in [5, 5.41) is 3.13. The summed E-state index contributed by atoms with van der Waals surface area (Å²) in [7, 11) is 1.68. The van der Waals surface area contributed by atoms with Crippen LogP contribution in [-0.4, -0.2) is 67.2 Å². The van der Waals surface area contributed by atoms with Crippen molar-refractivity contribution < 1.29 is 17.9 Å². The first-order chi connectivity index (χ1) is 14.0. The molecule has 1 aliphatic heterocycles. The quantitative estimate of drug-likeness (QED) is 0.465. The summed E-state index contributed by atoms with van der Waals surface area (Å²) in [6.45, 7) is 3.47. The number of nitrogens with zero attached hydrogens (tertiary/aromatic N) is 5. The number of nitrogens with one attached hydrogen (secondary N) is 1. The Morgan fingerprint density at radius 2 is 1.86 bits per heavy atom. The molecule has 0 bridgehead atoms. The Morgan fingerprint density at radius 1 is 1.10 bits per heavy atom. The van der Waals surface area contributed by atoms with Gasteiger partial charge >= 0.3 is 6.18 Å². The van der Waals surface area contributed by atoms with E-state index in [9.17, 15) is 13.2 Å². The first kappa shape index (κ1) is 20.7. The van der Waals surface area contributed by atoms with Crippen molar-refractivity contribution in [3.63, 3.8) is 0 Å². The Bertz CT molecular complexity index is 807. The molecular weight excluding hydrogens is 385 g/mol. The fourth-order valence-corrected chi connectivity index (χ4v) is 3.05. The fourth-order valence-electron chi connectivity index (χ4n) is 3.05. The average molecular weight is 408 g/mol. The topological polar surface area (TPSA) is 65.9 Å². The molecule has 7 nitrogen and oxygen atoms in total. The number of aromatic nitrogens is 2. The van der Waals surface area contributed by atoms with Crippen LogP contribution in [0, 0.1) is 0 Å². The van der Waals surface area contributed by atoms with Crippen molar-refractivity contribution in [2.45, 2.75) is 6.18 Å². The zero-order chi connectivity index (χ0) is 20.7. The molecule has 3 heterocycles. The number of pyridine rings is 2. The number of rotatable bonds is 5. The highest BCUT2D eigenvalue weighted by molar-refractivity contribution is 5.80. The smallest absolute Gasteiger partial charge is 0.421 e. The lowest BCUT2D eigenvalue weighted by atomic mass is 10.2. The third kappa shape index (κ3) is 5.49. The van der Waals surface area contributed by atoms with E-state index in [2.05, 4.69) is 30.1 Å². The van der Waals surface area contributed by atoms with Crippen LogP contribution < -0.4 is 15.0 Å². The zero-order valence-electron chi connectivity index (χ0n) is 16.1. The number of halogens is 3. The summed E-state index contributed by atoms with van der Waals surface area (Å²) in [6.07, 6.45) is -1.45. The van der Waals surface area contributed by atoms with E-state index in [1.165, 1.54) is 12.3 Å². The lowest BCUT2D eigenvalue weighted by Gasteiger charge is -2.37. The van der Waals surface area contributed by atoms with Crippen LogP contribution in [0.1, 0.15) is 5.56 Å². The summed E-state index contributed by atoms with van der Waals surface area (Å²) >= 11 is 0. The van der Waals surface area contributed by atoms with Crippen LogP contribution in [0.4, 0.5) is 19.0 Å².